The average molecular weight is 518 g/mol. The molecule has 0 unspecified atom stereocenters. The number of nitrogens with zero attached hydrogens (tertiary/aromatic N) is 1. The van der Waals surface area contributed by atoms with E-state index >= 15 is 0 Å². The van der Waals surface area contributed by atoms with Crippen LogP contribution in [0.2, 0.25) is 0 Å². The van der Waals surface area contributed by atoms with Gasteiger partial charge in [-0.05, 0) is 23.8 Å². The Bertz CT molecular complexity index is 1210. The minimum atomic E-state index is -5.24. The number of hydrogen-bond acceptors (Lipinski definition) is 5. The molecule has 2 aromatic rings. The molecule has 0 aliphatic carbocycles. The summed E-state index contributed by atoms with van der Waals surface area (Å²) in [4.78, 5) is 26.7. The summed E-state index contributed by atoms with van der Waals surface area (Å²) in [6.07, 6.45) is -8.76. The van der Waals surface area contributed by atoms with Crippen LogP contribution >= 0.6 is 0 Å². The molecule has 4 N–H and O–H groups in total. The van der Waals surface area contributed by atoms with Gasteiger partial charge in [-0.2, -0.15) is 13.2 Å². The number of alkyl halides is 6. The topological polar surface area (TPSA) is 109 Å². The van der Waals surface area contributed by atoms with Crippen LogP contribution in [0.4, 0.5) is 36.4 Å². The Morgan fingerprint density at radius 2 is 1.81 bits per heavy atom. The van der Waals surface area contributed by atoms with Crippen molar-refractivity contribution in [3.05, 3.63) is 71.2 Å². The summed E-state index contributed by atoms with van der Waals surface area (Å²) in [7, 11) is 0. The predicted octanol–water partition coefficient (Wildman–Crippen LogP) is 4.33. The highest BCUT2D eigenvalue weighted by Crippen LogP contribution is 2.39. The lowest BCUT2D eigenvalue weighted by Gasteiger charge is -2.42. The van der Waals surface area contributed by atoms with E-state index in [1.165, 1.54) is 24.3 Å². The SMILES string of the molecule is N=CC(=CN)[C@H]1[C@H](C(=O)Nc2ccc(F)c(OC(F)(F)F)c2)c2ccccc2C(=O)N1CC(F)(F)F. The summed E-state index contributed by atoms with van der Waals surface area (Å²) in [5, 5.41) is 9.79. The lowest BCUT2D eigenvalue weighted by molar-refractivity contribution is -0.275. The summed E-state index contributed by atoms with van der Waals surface area (Å²) in [5.41, 5.74) is 4.59. The van der Waals surface area contributed by atoms with Gasteiger partial charge < -0.3 is 26.1 Å². The van der Waals surface area contributed by atoms with E-state index in [4.69, 9.17) is 11.1 Å². The number of ether oxygens (including phenoxy) is 1. The fraction of sp³-hybridized carbons (Fsp3) is 0.227. The van der Waals surface area contributed by atoms with Crippen molar-refractivity contribution in [1.82, 2.24) is 4.90 Å². The normalized spacial score (nSPS) is 18.5. The number of benzene rings is 2. The summed E-state index contributed by atoms with van der Waals surface area (Å²) < 4.78 is 95.2. The first-order valence-corrected chi connectivity index (χ1v) is 10.0. The third-order valence-corrected chi connectivity index (χ3v) is 5.20. The van der Waals surface area contributed by atoms with Crippen molar-refractivity contribution >= 4 is 23.7 Å². The maximum Gasteiger partial charge on any atom is 0.573 e. The molecule has 0 radical (unpaired) electrons. The van der Waals surface area contributed by atoms with Crippen LogP contribution in [0.15, 0.2) is 54.2 Å². The summed E-state index contributed by atoms with van der Waals surface area (Å²) in [5.74, 6) is -6.34. The number of amides is 2. The second-order valence-corrected chi connectivity index (χ2v) is 7.55. The van der Waals surface area contributed by atoms with Crippen molar-refractivity contribution in [3.8, 4) is 5.75 Å². The van der Waals surface area contributed by atoms with Gasteiger partial charge in [-0.15, -0.1) is 13.2 Å². The van der Waals surface area contributed by atoms with E-state index in [9.17, 15) is 40.3 Å². The van der Waals surface area contributed by atoms with Crippen LogP contribution < -0.4 is 15.8 Å². The quantitative estimate of drug-likeness (QED) is 0.391. The molecule has 0 saturated carbocycles. The van der Waals surface area contributed by atoms with Gasteiger partial charge in [0.2, 0.25) is 5.91 Å². The molecule has 1 aliphatic heterocycles. The van der Waals surface area contributed by atoms with Crippen molar-refractivity contribution in [3.63, 3.8) is 0 Å². The highest BCUT2D eigenvalue weighted by Gasteiger charge is 2.48. The van der Waals surface area contributed by atoms with Crippen LogP contribution in [0.1, 0.15) is 21.8 Å². The van der Waals surface area contributed by atoms with Gasteiger partial charge in [0.05, 0.1) is 12.0 Å². The highest BCUT2D eigenvalue weighted by atomic mass is 19.4. The van der Waals surface area contributed by atoms with E-state index < -0.39 is 54.4 Å². The number of anilines is 1. The molecular weight excluding hydrogens is 501 g/mol. The Morgan fingerprint density at radius 1 is 1.14 bits per heavy atom. The zero-order valence-corrected chi connectivity index (χ0v) is 18.0. The monoisotopic (exact) mass is 518 g/mol. The molecule has 1 aliphatic rings. The van der Waals surface area contributed by atoms with Crippen LogP contribution in [0.5, 0.6) is 5.75 Å². The lowest BCUT2D eigenvalue weighted by Crippen LogP contribution is -2.55. The molecule has 2 amide bonds. The molecule has 192 valence electrons. The number of carbonyl (C=O) groups is 2. The second kappa shape index (κ2) is 9.87. The standard InChI is InChI=1S/C22H17F7N4O3/c23-15-6-5-12(7-16(15)36-22(27,28)29)32-19(34)17-13-3-1-2-4-14(13)20(35)33(10-21(24,25)26)18(17)11(8-30)9-31/h1-9,17-18,30H,10,31H2,(H,32,34)/t17-,18+/m1/s1. The Balaban J connectivity index is 2.10. The minimum absolute atomic E-state index is 0.00139. The van der Waals surface area contributed by atoms with E-state index in [0.717, 1.165) is 12.3 Å². The number of nitrogens with one attached hydrogen (secondary N) is 2. The van der Waals surface area contributed by atoms with Gasteiger partial charge in [-0.3, -0.25) is 9.59 Å². The summed E-state index contributed by atoms with van der Waals surface area (Å²) in [6.45, 7) is -1.78. The summed E-state index contributed by atoms with van der Waals surface area (Å²) in [6, 6.07) is 5.67. The van der Waals surface area contributed by atoms with E-state index in [-0.39, 0.29) is 22.4 Å². The molecule has 0 aromatic heterocycles. The highest BCUT2D eigenvalue weighted by molar-refractivity contribution is 6.06. The van der Waals surface area contributed by atoms with Crippen molar-refractivity contribution in [2.75, 3.05) is 11.9 Å². The van der Waals surface area contributed by atoms with Gasteiger partial charge in [-0.1, -0.05) is 18.2 Å². The van der Waals surface area contributed by atoms with E-state index in [2.05, 4.69) is 10.1 Å². The lowest BCUT2D eigenvalue weighted by atomic mass is 9.79. The van der Waals surface area contributed by atoms with Crippen molar-refractivity contribution in [1.29, 1.82) is 5.41 Å². The maximum atomic E-state index is 13.8. The minimum Gasteiger partial charge on any atom is -0.404 e. The number of halogens is 7. The molecule has 3 rings (SSSR count). The first-order valence-electron chi connectivity index (χ1n) is 10.0. The van der Waals surface area contributed by atoms with Crippen LogP contribution in [0.25, 0.3) is 0 Å². The largest absolute Gasteiger partial charge is 0.573 e. The maximum absolute atomic E-state index is 13.8. The molecule has 36 heavy (non-hydrogen) atoms. The van der Waals surface area contributed by atoms with Crippen molar-refractivity contribution in [2.24, 2.45) is 5.73 Å². The van der Waals surface area contributed by atoms with Crippen LogP contribution in [-0.4, -0.2) is 48.1 Å². The molecule has 2 aromatic carbocycles. The second-order valence-electron chi connectivity index (χ2n) is 7.55. The van der Waals surface area contributed by atoms with Gasteiger partial charge in [0.15, 0.2) is 11.6 Å². The van der Waals surface area contributed by atoms with E-state index in [0.29, 0.717) is 23.2 Å². The van der Waals surface area contributed by atoms with Crippen LogP contribution in [0.3, 0.4) is 0 Å². The summed E-state index contributed by atoms with van der Waals surface area (Å²) >= 11 is 0. The predicted molar refractivity (Wildman–Crippen MR) is 113 cm³/mol. The fourth-order valence-electron chi connectivity index (χ4n) is 3.85. The first kappa shape index (κ1) is 26.5. The molecule has 0 fully saturated rings. The zero-order valence-electron chi connectivity index (χ0n) is 18.0. The first-order chi connectivity index (χ1) is 16.8. The van der Waals surface area contributed by atoms with E-state index in [1.807, 2.05) is 0 Å². The Labute approximate surface area is 198 Å². The number of nitrogens with two attached hydrogens (primary N) is 1. The molecule has 0 bridgehead atoms. The third kappa shape index (κ3) is 5.75. The number of hydrogen-bond donors (Lipinski definition) is 3. The van der Waals surface area contributed by atoms with Gasteiger partial charge >= 0.3 is 12.5 Å². The van der Waals surface area contributed by atoms with Gasteiger partial charge in [-0.25, -0.2) is 4.39 Å². The molecule has 14 heteroatoms. The fourth-order valence-corrected chi connectivity index (χ4v) is 3.85. The smallest absolute Gasteiger partial charge is 0.404 e. The molecule has 7 nitrogen and oxygen atoms in total. The molecule has 0 spiro atoms. The molecule has 1 heterocycles. The van der Waals surface area contributed by atoms with Gasteiger partial charge in [0, 0.05) is 35.3 Å². The Hall–Kier alpha value is -4.10. The zero-order chi connectivity index (χ0) is 26.8. The third-order valence-electron chi connectivity index (χ3n) is 5.20. The van der Waals surface area contributed by atoms with Crippen molar-refractivity contribution < 1.29 is 45.1 Å². The van der Waals surface area contributed by atoms with Gasteiger partial charge in [0.25, 0.3) is 5.91 Å². The van der Waals surface area contributed by atoms with Crippen LogP contribution in [0, 0.1) is 11.2 Å². The van der Waals surface area contributed by atoms with Crippen LogP contribution in [-0.2, 0) is 4.79 Å². The van der Waals surface area contributed by atoms with Gasteiger partial charge in [0.1, 0.15) is 6.54 Å². The van der Waals surface area contributed by atoms with Crippen molar-refractivity contribution in [2.45, 2.75) is 24.5 Å². The van der Waals surface area contributed by atoms with E-state index in [1.54, 1.807) is 0 Å². The molecule has 0 saturated heterocycles. The number of rotatable bonds is 6. The Kier molecular flexibility index (Phi) is 7.27. The molecule has 2 atom stereocenters. The molecular formula is C22H17F7N4O3. The number of carbonyl (C=O) groups excluding carboxylic acids is 2. The number of fused-ring (bicyclic) bond motifs is 1. The Morgan fingerprint density at radius 3 is 2.39 bits per heavy atom. The average Bonchev–Trinajstić information content (AvgIpc) is 2.77.